The Hall–Kier alpha value is -1.80. The van der Waals surface area contributed by atoms with E-state index in [2.05, 4.69) is 55.3 Å². The van der Waals surface area contributed by atoms with Crippen LogP contribution in [0.25, 0.3) is 0 Å². The lowest BCUT2D eigenvalue weighted by atomic mass is 9.89. The minimum absolute atomic E-state index is 0.374. The van der Waals surface area contributed by atoms with Gasteiger partial charge >= 0.3 is 0 Å². The van der Waals surface area contributed by atoms with Crippen molar-refractivity contribution < 1.29 is 5.11 Å². The Morgan fingerprint density at radius 1 is 1.14 bits per heavy atom. The van der Waals surface area contributed by atoms with Crippen molar-refractivity contribution in [1.82, 2.24) is 4.90 Å². The second kappa shape index (κ2) is 5.90. The van der Waals surface area contributed by atoms with Crippen LogP contribution in [-0.2, 0) is 6.42 Å². The van der Waals surface area contributed by atoms with Crippen molar-refractivity contribution in [3.05, 3.63) is 65.2 Å². The maximum atomic E-state index is 9.77. The van der Waals surface area contributed by atoms with Gasteiger partial charge in [-0.1, -0.05) is 43.3 Å². The lowest BCUT2D eigenvalue weighted by Crippen LogP contribution is -2.36. The Bertz CT molecular complexity index is 608. The minimum atomic E-state index is 0.374. The van der Waals surface area contributed by atoms with Gasteiger partial charge in [0.25, 0.3) is 0 Å². The van der Waals surface area contributed by atoms with Crippen molar-refractivity contribution in [3.63, 3.8) is 0 Å². The van der Waals surface area contributed by atoms with Gasteiger partial charge in [-0.15, -0.1) is 0 Å². The van der Waals surface area contributed by atoms with Crippen LogP contribution in [-0.4, -0.2) is 29.6 Å². The molecule has 1 aliphatic rings. The first-order valence-electron chi connectivity index (χ1n) is 7.77. The molecule has 0 unspecified atom stereocenters. The number of likely N-dealkylation sites (N-methyl/N-ethyl adjacent to an activating group) is 1. The summed E-state index contributed by atoms with van der Waals surface area (Å²) in [7, 11) is 2.22. The van der Waals surface area contributed by atoms with Gasteiger partial charge in [0.2, 0.25) is 0 Å². The fourth-order valence-electron chi connectivity index (χ4n) is 3.61. The van der Waals surface area contributed by atoms with Gasteiger partial charge in [-0.05, 0) is 55.3 Å². The van der Waals surface area contributed by atoms with Crippen molar-refractivity contribution >= 4 is 0 Å². The molecule has 0 saturated carbocycles. The summed E-state index contributed by atoms with van der Waals surface area (Å²) in [4.78, 5) is 2.47. The predicted octanol–water partition coefficient (Wildman–Crippen LogP) is 3.79. The van der Waals surface area contributed by atoms with E-state index in [1.807, 2.05) is 12.1 Å². The number of fused-ring (bicyclic) bond motifs is 1. The second-order valence-corrected chi connectivity index (χ2v) is 6.02. The molecule has 1 aliphatic carbocycles. The zero-order valence-electron chi connectivity index (χ0n) is 12.8. The zero-order chi connectivity index (χ0) is 14.8. The third-order valence-corrected chi connectivity index (χ3v) is 4.58. The highest BCUT2D eigenvalue weighted by atomic mass is 16.3. The number of phenols is 1. The molecule has 0 amide bonds. The molecule has 2 heteroatoms. The highest BCUT2D eigenvalue weighted by Crippen LogP contribution is 2.41. The third kappa shape index (κ3) is 2.68. The van der Waals surface area contributed by atoms with E-state index in [0.717, 1.165) is 19.4 Å². The van der Waals surface area contributed by atoms with E-state index in [4.69, 9.17) is 0 Å². The molecule has 2 aromatic carbocycles. The summed E-state index contributed by atoms with van der Waals surface area (Å²) in [5.41, 5.74) is 4.03. The van der Waals surface area contributed by atoms with E-state index in [-0.39, 0.29) is 0 Å². The largest absolute Gasteiger partial charge is 0.508 e. The van der Waals surface area contributed by atoms with E-state index >= 15 is 0 Å². The molecule has 2 nitrogen and oxygen atoms in total. The lowest BCUT2D eigenvalue weighted by molar-refractivity contribution is 0.233. The molecule has 2 atom stereocenters. The molecule has 0 radical (unpaired) electrons. The van der Waals surface area contributed by atoms with Crippen LogP contribution in [0.5, 0.6) is 5.75 Å². The summed E-state index contributed by atoms with van der Waals surface area (Å²) in [5.74, 6) is 0.776. The van der Waals surface area contributed by atoms with Crippen LogP contribution in [0.1, 0.15) is 36.0 Å². The maximum absolute atomic E-state index is 9.77. The zero-order valence-corrected chi connectivity index (χ0v) is 12.8. The number of phenolic OH excluding ortho intramolecular Hbond substituents is 1. The van der Waals surface area contributed by atoms with Crippen molar-refractivity contribution in [2.75, 3.05) is 13.6 Å². The third-order valence-electron chi connectivity index (χ3n) is 4.58. The molecule has 0 saturated heterocycles. The van der Waals surface area contributed by atoms with Crippen LogP contribution in [0, 0.1) is 0 Å². The highest BCUT2D eigenvalue weighted by Gasteiger charge is 2.35. The van der Waals surface area contributed by atoms with E-state index < -0.39 is 0 Å². The first-order valence-corrected chi connectivity index (χ1v) is 7.77. The van der Waals surface area contributed by atoms with Gasteiger partial charge in [0, 0.05) is 12.0 Å². The van der Waals surface area contributed by atoms with Crippen molar-refractivity contribution in [2.45, 2.75) is 31.7 Å². The Labute approximate surface area is 127 Å². The van der Waals surface area contributed by atoms with Crippen molar-refractivity contribution in [1.29, 1.82) is 0 Å². The van der Waals surface area contributed by atoms with Gasteiger partial charge in [-0.25, -0.2) is 0 Å². The highest BCUT2D eigenvalue weighted by molar-refractivity contribution is 5.47. The molecule has 0 fully saturated rings. The molecule has 0 heterocycles. The number of aromatic hydroxyl groups is 1. The van der Waals surface area contributed by atoms with Crippen LogP contribution in [0.15, 0.2) is 48.5 Å². The lowest BCUT2D eigenvalue weighted by Gasteiger charge is -2.30. The molecule has 21 heavy (non-hydrogen) atoms. The van der Waals surface area contributed by atoms with Gasteiger partial charge < -0.3 is 10.0 Å². The van der Waals surface area contributed by atoms with Crippen LogP contribution in [0.2, 0.25) is 0 Å². The monoisotopic (exact) mass is 281 g/mol. The molecule has 0 aliphatic heterocycles. The van der Waals surface area contributed by atoms with Gasteiger partial charge in [0.1, 0.15) is 5.75 Å². The predicted molar refractivity (Wildman–Crippen MR) is 86.8 cm³/mol. The average Bonchev–Trinajstić information content (AvgIpc) is 2.87. The summed E-state index contributed by atoms with van der Waals surface area (Å²) in [5, 5.41) is 9.77. The smallest absolute Gasteiger partial charge is 0.115 e. The quantitative estimate of drug-likeness (QED) is 0.921. The molecule has 2 aromatic rings. The number of hydrogen-bond acceptors (Lipinski definition) is 2. The number of nitrogens with zero attached hydrogens (tertiary/aromatic N) is 1. The van der Waals surface area contributed by atoms with Gasteiger partial charge in [0.05, 0.1) is 0 Å². The van der Waals surface area contributed by atoms with E-state index in [9.17, 15) is 5.11 Å². The Balaban J connectivity index is 2.02. The SMILES string of the molecule is CCCN(C)[C@@H]1Cc2cc(O)ccc2[C@H]1c1ccccc1. The van der Waals surface area contributed by atoms with Crippen molar-refractivity contribution in [2.24, 2.45) is 0 Å². The minimum Gasteiger partial charge on any atom is -0.508 e. The second-order valence-electron chi connectivity index (χ2n) is 6.02. The fraction of sp³-hybridized carbons (Fsp3) is 0.368. The molecular formula is C19H23NO. The summed E-state index contributed by atoms with van der Waals surface area (Å²) < 4.78 is 0. The molecule has 0 bridgehead atoms. The molecule has 1 N–H and O–H groups in total. The first kappa shape index (κ1) is 14.2. The van der Waals surface area contributed by atoms with Crippen LogP contribution in [0.4, 0.5) is 0 Å². The molecule has 0 spiro atoms. The summed E-state index contributed by atoms with van der Waals surface area (Å²) in [6, 6.07) is 17.1. The Kier molecular flexibility index (Phi) is 3.98. The Morgan fingerprint density at radius 2 is 1.90 bits per heavy atom. The molecule has 0 aromatic heterocycles. The molecular weight excluding hydrogens is 258 g/mol. The van der Waals surface area contributed by atoms with Crippen LogP contribution < -0.4 is 0 Å². The normalized spacial score (nSPS) is 20.7. The summed E-state index contributed by atoms with van der Waals surface area (Å²) in [6.45, 7) is 3.33. The van der Waals surface area contributed by atoms with E-state index in [1.54, 1.807) is 0 Å². The van der Waals surface area contributed by atoms with Gasteiger partial charge in [-0.3, -0.25) is 0 Å². The number of rotatable bonds is 4. The molecule has 110 valence electrons. The van der Waals surface area contributed by atoms with Crippen LogP contribution in [0.3, 0.4) is 0 Å². The fourth-order valence-corrected chi connectivity index (χ4v) is 3.61. The van der Waals surface area contributed by atoms with E-state index in [1.165, 1.54) is 16.7 Å². The summed E-state index contributed by atoms with van der Waals surface area (Å²) >= 11 is 0. The standard InChI is InChI=1S/C19H23NO/c1-3-11-20(2)18-13-15-12-16(21)9-10-17(15)19(18)14-7-5-4-6-8-14/h4-10,12,18-19,21H,3,11,13H2,1-2H3/t18-,19-/m1/s1. The van der Waals surface area contributed by atoms with Crippen molar-refractivity contribution in [3.8, 4) is 5.75 Å². The van der Waals surface area contributed by atoms with Gasteiger partial charge in [-0.2, -0.15) is 0 Å². The maximum Gasteiger partial charge on any atom is 0.115 e. The van der Waals surface area contributed by atoms with Crippen LogP contribution >= 0.6 is 0 Å². The number of benzene rings is 2. The van der Waals surface area contributed by atoms with Gasteiger partial charge in [0.15, 0.2) is 0 Å². The summed E-state index contributed by atoms with van der Waals surface area (Å²) in [6.07, 6.45) is 2.18. The number of hydrogen-bond donors (Lipinski definition) is 1. The topological polar surface area (TPSA) is 23.5 Å². The average molecular weight is 281 g/mol. The Morgan fingerprint density at radius 3 is 2.62 bits per heavy atom. The van der Waals surface area contributed by atoms with E-state index in [0.29, 0.717) is 17.7 Å². The molecule has 3 rings (SSSR count). The first-order chi connectivity index (χ1) is 10.2.